The number of halogens is 1. The fourth-order valence-electron chi connectivity index (χ4n) is 2.82. The van der Waals surface area contributed by atoms with E-state index in [4.69, 9.17) is 5.73 Å². The van der Waals surface area contributed by atoms with Crippen molar-refractivity contribution >= 4 is 35.6 Å². The smallest absolute Gasteiger partial charge is 0.188 e. The van der Waals surface area contributed by atoms with E-state index in [0.717, 1.165) is 51.3 Å². The predicted octanol–water partition coefficient (Wildman–Crippen LogP) is 2.69. The molecule has 3 N–H and O–H groups in total. The van der Waals surface area contributed by atoms with Crippen molar-refractivity contribution in [2.75, 3.05) is 50.7 Å². The first kappa shape index (κ1) is 21.8. The van der Waals surface area contributed by atoms with Gasteiger partial charge in [0.2, 0.25) is 0 Å². The Kier molecular flexibility index (Phi) is 10.6. The quantitative estimate of drug-likeness (QED) is 0.207. The van der Waals surface area contributed by atoms with Gasteiger partial charge in [-0.25, -0.2) is 4.99 Å². The molecule has 1 fully saturated rings. The first-order chi connectivity index (χ1) is 11.6. The molecule has 1 aromatic carbocycles. The van der Waals surface area contributed by atoms with Gasteiger partial charge in [-0.3, -0.25) is 4.90 Å². The molecule has 1 aliphatic heterocycles. The Balaban J connectivity index is 0.00000312. The van der Waals surface area contributed by atoms with E-state index in [1.54, 1.807) is 0 Å². The largest absolute Gasteiger partial charge is 0.370 e. The van der Waals surface area contributed by atoms with E-state index in [1.807, 2.05) is 6.92 Å². The van der Waals surface area contributed by atoms with Gasteiger partial charge in [0.05, 0.1) is 6.54 Å². The number of hydrogen-bond donors (Lipinski definition) is 2. The molecular formula is C19H32IN5. The van der Waals surface area contributed by atoms with Crippen LogP contribution in [-0.4, -0.2) is 56.7 Å². The third-order valence-corrected chi connectivity index (χ3v) is 4.22. The molecule has 0 amide bonds. The number of piperazine rings is 1. The summed E-state index contributed by atoms with van der Waals surface area (Å²) in [6.45, 7) is 12.9. The Labute approximate surface area is 169 Å². The molecule has 0 atom stereocenters. The topological polar surface area (TPSA) is 56.9 Å². The van der Waals surface area contributed by atoms with Crippen molar-refractivity contribution in [2.45, 2.75) is 19.8 Å². The molecule has 5 nitrogen and oxygen atoms in total. The van der Waals surface area contributed by atoms with Crippen LogP contribution in [0.2, 0.25) is 0 Å². The van der Waals surface area contributed by atoms with Gasteiger partial charge in [0, 0.05) is 38.4 Å². The number of aliphatic imine (C=N–C) groups is 1. The van der Waals surface area contributed by atoms with Gasteiger partial charge in [-0.05, 0) is 38.4 Å². The molecule has 0 aromatic heterocycles. The summed E-state index contributed by atoms with van der Waals surface area (Å²) in [5, 5.41) is 3.16. The van der Waals surface area contributed by atoms with Gasteiger partial charge < -0.3 is 16.0 Å². The summed E-state index contributed by atoms with van der Waals surface area (Å²) in [7, 11) is 0. The third kappa shape index (κ3) is 8.58. The second-order valence-corrected chi connectivity index (χ2v) is 6.46. The molecule has 2 rings (SSSR count). The van der Waals surface area contributed by atoms with Crippen LogP contribution >= 0.6 is 24.0 Å². The molecule has 0 unspecified atom stereocenters. The number of rotatable bonds is 8. The Morgan fingerprint density at radius 1 is 1.16 bits per heavy atom. The van der Waals surface area contributed by atoms with Crippen LogP contribution < -0.4 is 16.0 Å². The minimum atomic E-state index is 0. The second-order valence-electron chi connectivity index (χ2n) is 6.46. The lowest BCUT2D eigenvalue weighted by molar-refractivity contribution is 0.253. The van der Waals surface area contributed by atoms with Crippen LogP contribution in [0.5, 0.6) is 0 Å². The first-order valence-electron chi connectivity index (χ1n) is 8.85. The summed E-state index contributed by atoms with van der Waals surface area (Å²) in [6, 6.07) is 10.7. The van der Waals surface area contributed by atoms with E-state index < -0.39 is 0 Å². The lowest BCUT2D eigenvalue weighted by Gasteiger charge is -2.36. The predicted molar refractivity (Wildman–Crippen MR) is 119 cm³/mol. The number of nitrogens with zero attached hydrogens (tertiary/aromatic N) is 3. The molecule has 1 heterocycles. The van der Waals surface area contributed by atoms with Crippen molar-refractivity contribution in [3.63, 3.8) is 0 Å². The Hall–Kier alpha value is -1.28. The maximum Gasteiger partial charge on any atom is 0.188 e. The van der Waals surface area contributed by atoms with E-state index in [0.29, 0.717) is 12.5 Å². The van der Waals surface area contributed by atoms with Crippen molar-refractivity contribution in [3.8, 4) is 0 Å². The first-order valence-corrected chi connectivity index (χ1v) is 8.85. The molecule has 25 heavy (non-hydrogen) atoms. The molecule has 0 radical (unpaired) electrons. The highest BCUT2D eigenvalue weighted by Crippen LogP contribution is 2.15. The number of benzene rings is 1. The Morgan fingerprint density at radius 2 is 1.84 bits per heavy atom. The fraction of sp³-hybridized carbons (Fsp3) is 0.526. The van der Waals surface area contributed by atoms with Crippen molar-refractivity contribution < 1.29 is 0 Å². The summed E-state index contributed by atoms with van der Waals surface area (Å²) < 4.78 is 0. The molecule has 0 spiro atoms. The number of hydrogen-bond acceptors (Lipinski definition) is 3. The number of para-hydroxylation sites is 1. The summed E-state index contributed by atoms with van der Waals surface area (Å²) in [4.78, 5) is 9.24. The Bertz CT molecular complexity index is 524. The van der Waals surface area contributed by atoms with Crippen molar-refractivity contribution in [2.24, 2.45) is 10.7 Å². The number of anilines is 1. The van der Waals surface area contributed by atoms with Gasteiger partial charge in [-0.2, -0.15) is 0 Å². The van der Waals surface area contributed by atoms with Crippen LogP contribution in [0.4, 0.5) is 5.69 Å². The highest BCUT2D eigenvalue weighted by Gasteiger charge is 2.16. The average Bonchev–Trinajstić information content (AvgIpc) is 2.61. The number of unbranched alkanes of at least 4 members (excludes halogenated alkanes) is 1. The number of guanidine groups is 1. The zero-order chi connectivity index (χ0) is 17.2. The molecule has 1 aliphatic rings. The van der Waals surface area contributed by atoms with Gasteiger partial charge in [0.25, 0.3) is 0 Å². The maximum atomic E-state index is 5.80. The maximum absolute atomic E-state index is 5.80. The fourth-order valence-corrected chi connectivity index (χ4v) is 2.82. The van der Waals surface area contributed by atoms with Crippen molar-refractivity contribution in [1.82, 2.24) is 10.2 Å². The highest BCUT2D eigenvalue weighted by molar-refractivity contribution is 14.0. The zero-order valence-electron chi connectivity index (χ0n) is 15.3. The summed E-state index contributed by atoms with van der Waals surface area (Å²) in [5.74, 6) is 0.523. The molecule has 1 saturated heterocycles. The molecule has 6 heteroatoms. The van der Waals surface area contributed by atoms with Crippen LogP contribution in [-0.2, 0) is 0 Å². The summed E-state index contributed by atoms with van der Waals surface area (Å²) in [6.07, 6.45) is 2.30. The van der Waals surface area contributed by atoms with Gasteiger partial charge in [-0.15, -0.1) is 24.0 Å². The van der Waals surface area contributed by atoms with E-state index in [-0.39, 0.29) is 24.0 Å². The lowest BCUT2D eigenvalue weighted by atomic mass is 10.2. The van der Waals surface area contributed by atoms with E-state index >= 15 is 0 Å². The van der Waals surface area contributed by atoms with Gasteiger partial charge in [0.15, 0.2) is 5.96 Å². The average molecular weight is 457 g/mol. The van der Waals surface area contributed by atoms with Gasteiger partial charge in [0.1, 0.15) is 0 Å². The van der Waals surface area contributed by atoms with Crippen molar-refractivity contribution in [3.05, 3.63) is 42.5 Å². The zero-order valence-corrected chi connectivity index (χ0v) is 17.6. The molecule has 0 aliphatic carbocycles. The monoisotopic (exact) mass is 457 g/mol. The van der Waals surface area contributed by atoms with E-state index in [1.165, 1.54) is 12.1 Å². The SMILES string of the molecule is C=C(C)CN=C(N)NCCCCN1CCN(c2ccccc2)CC1.I. The van der Waals surface area contributed by atoms with Crippen molar-refractivity contribution in [1.29, 1.82) is 0 Å². The summed E-state index contributed by atoms with van der Waals surface area (Å²) in [5.41, 5.74) is 8.16. The van der Waals surface area contributed by atoms with Crippen LogP contribution in [0.3, 0.4) is 0 Å². The third-order valence-electron chi connectivity index (χ3n) is 4.22. The minimum Gasteiger partial charge on any atom is -0.370 e. The number of nitrogens with one attached hydrogen (secondary N) is 1. The standard InChI is InChI=1S/C19H31N5.HI/c1-17(2)16-22-19(20)21-10-6-7-11-23-12-14-24(15-13-23)18-8-4-3-5-9-18;/h3-5,8-9H,1,6-7,10-16H2,2H3,(H3,20,21,22);1H. The molecule has 140 valence electrons. The van der Waals surface area contributed by atoms with Crippen LogP contribution in [0.25, 0.3) is 0 Å². The molecule has 0 saturated carbocycles. The minimum absolute atomic E-state index is 0. The number of nitrogens with two attached hydrogens (primary N) is 1. The lowest BCUT2D eigenvalue weighted by Crippen LogP contribution is -2.46. The molecular weight excluding hydrogens is 425 g/mol. The van der Waals surface area contributed by atoms with E-state index in [2.05, 4.69) is 57.0 Å². The van der Waals surface area contributed by atoms with Gasteiger partial charge >= 0.3 is 0 Å². The normalized spacial score (nSPS) is 15.6. The van der Waals surface area contributed by atoms with Crippen LogP contribution in [0, 0.1) is 0 Å². The van der Waals surface area contributed by atoms with E-state index in [9.17, 15) is 0 Å². The highest BCUT2D eigenvalue weighted by atomic mass is 127. The summed E-state index contributed by atoms with van der Waals surface area (Å²) >= 11 is 0. The second kappa shape index (κ2) is 12.1. The molecule has 1 aromatic rings. The van der Waals surface area contributed by atoms with Crippen LogP contribution in [0.15, 0.2) is 47.5 Å². The molecule has 0 bridgehead atoms. The van der Waals surface area contributed by atoms with Gasteiger partial charge in [-0.1, -0.05) is 30.4 Å². The van der Waals surface area contributed by atoms with Crippen LogP contribution in [0.1, 0.15) is 19.8 Å². The Morgan fingerprint density at radius 3 is 2.48 bits per heavy atom.